The third-order valence-corrected chi connectivity index (χ3v) is 4.78. The van der Waals surface area contributed by atoms with Crippen LogP contribution in [0.2, 0.25) is 0 Å². The Morgan fingerprint density at radius 3 is 2.47 bits per heavy atom. The monoisotopic (exact) mass is 394 g/mol. The van der Waals surface area contributed by atoms with Gasteiger partial charge in [0.2, 0.25) is 0 Å². The molecule has 30 heavy (non-hydrogen) atoms. The fourth-order valence-electron chi connectivity index (χ4n) is 3.38. The van der Waals surface area contributed by atoms with E-state index < -0.39 is 0 Å². The Morgan fingerprint density at radius 1 is 0.967 bits per heavy atom. The molecule has 5 rings (SSSR count). The van der Waals surface area contributed by atoms with E-state index in [2.05, 4.69) is 10.3 Å². The number of amides is 1. The maximum absolute atomic E-state index is 13.2. The second-order valence-corrected chi connectivity index (χ2v) is 6.91. The number of para-hydroxylation sites is 1. The molecule has 1 amide bonds. The summed E-state index contributed by atoms with van der Waals surface area (Å²) in [6.07, 6.45) is 1.76. The summed E-state index contributed by atoms with van der Waals surface area (Å²) in [6, 6.07) is 24.8. The van der Waals surface area contributed by atoms with Gasteiger partial charge >= 0.3 is 0 Å². The second-order valence-electron chi connectivity index (χ2n) is 6.91. The highest BCUT2D eigenvalue weighted by Crippen LogP contribution is 2.25. The number of aryl methyl sites for hydroxylation is 1. The summed E-state index contributed by atoms with van der Waals surface area (Å²) in [7, 11) is 0. The smallest absolute Gasteiger partial charge is 0.259 e. The third-order valence-electron chi connectivity index (χ3n) is 4.78. The molecule has 3 aromatic carbocycles. The van der Waals surface area contributed by atoms with Crippen LogP contribution in [0.25, 0.3) is 28.0 Å². The minimum Gasteiger partial charge on any atom is -0.441 e. The standard InChI is InChI=1S/C24H18N4O2/c1-16-25-21-14-18(12-13-22(21)30-16)26-24(29)20-15-28(19-10-6-3-7-11-19)27-23(20)17-8-4-2-5-9-17/h2-15H,1H3,(H,26,29). The quantitative estimate of drug-likeness (QED) is 0.452. The van der Waals surface area contributed by atoms with E-state index in [1.807, 2.05) is 60.7 Å². The summed E-state index contributed by atoms with van der Waals surface area (Å²) >= 11 is 0. The van der Waals surface area contributed by atoms with Crippen molar-refractivity contribution in [3.05, 3.63) is 96.5 Å². The lowest BCUT2D eigenvalue weighted by molar-refractivity contribution is 0.102. The van der Waals surface area contributed by atoms with Crippen LogP contribution in [0.1, 0.15) is 16.2 Å². The summed E-state index contributed by atoms with van der Waals surface area (Å²) in [6.45, 7) is 1.79. The Morgan fingerprint density at radius 2 is 1.70 bits per heavy atom. The molecule has 0 bridgehead atoms. The van der Waals surface area contributed by atoms with Crippen LogP contribution < -0.4 is 5.32 Å². The summed E-state index contributed by atoms with van der Waals surface area (Å²) in [5.41, 5.74) is 4.90. The van der Waals surface area contributed by atoms with Gasteiger partial charge in [0, 0.05) is 24.4 Å². The second kappa shape index (κ2) is 7.33. The van der Waals surface area contributed by atoms with Crippen LogP contribution in [0.3, 0.4) is 0 Å². The number of hydrogen-bond acceptors (Lipinski definition) is 4. The first-order chi connectivity index (χ1) is 14.7. The van der Waals surface area contributed by atoms with Gasteiger partial charge < -0.3 is 9.73 Å². The van der Waals surface area contributed by atoms with Crippen LogP contribution in [-0.4, -0.2) is 20.7 Å². The van der Waals surface area contributed by atoms with Crippen molar-refractivity contribution in [1.29, 1.82) is 0 Å². The van der Waals surface area contributed by atoms with E-state index >= 15 is 0 Å². The average Bonchev–Trinajstić information content (AvgIpc) is 3.38. The zero-order valence-corrected chi connectivity index (χ0v) is 16.2. The molecule has 0 radical (unpaired) electrons. The fourth-order valence-corrected chi connectivity index (χ4v) is 3.38. The van der Waals surface area contributed by atoms with Crippen LogP contribution in [0.5, 0.6) is 0 Å². The van der Waals surface area contributed by atoms with Crippen molar-refractivity contribution >= 4 is 22.7 Å². The van der Waals surface area contributed by atoms with E-state index in [0.29, 0.717) is 33.9 Å². The maximum atomic E-state index is 13.2. The molecule has 146 valence electrons. The number of benzene rings is 3. The Hall–Kier alpha value is -4.19. The molecule has 1 N–H and O–H groups in total. The molecule has 0 aliphatic carbocycles. The zero-order chi connectivity index (χ0) is 20.5. The predicted octanol–water partition coefficient (Wildman–Crippen LogP) is 5.24. The number of carbonyl (C=O) groups is 1. The van der Waals surface area contributed by atoms with Crippen molar-refractivity contribution in [3.63, 3.8) is 0 Å². The van der Waals surface area contributed by atoms with Crippen LogP contribution in [0.4, 0.5) is 5.69 Å². The molecule has 0 spiro atoms. The highest BCUT2D eigenvalue weighted by atomic mass is 16.3. The Bertz CT molecular complexity index is 1340. The Labute approximate surface area is 172 Å². The maximum Gasteiger partial charge on any atom is 0.259 e. The first-order valence-corrected chi connectivity index (χ1v) is 9.56. The van der Waals surface area contributed by atoms with Gasteiger partial charge in [-0.05, 0) is 30.3 Å². The lowest BCUT2D eigenvalue weighted by atomic mass is 10.1. The predicted molar refractivity (Wildman–Crippen MR) is 116 cm³/mol. The summed E-state index contributed by atoms with van der Waals surface area (Å²) in [5, 5.41) is 7.66. The zero-order valence-electron chi connectivity index (χ0n) is 16.2. The molecule has 0 aliphatic heterocycles. The topological polar surface area (TPSA) is 73.0 Å². The number of oxazole rings is 1. The highest BCUT2D eigenvalue weighted by molar-refractivity contribution is 6.08. The number of nitrogens with one attached hydrogen (secondary N) is 1. The average molecular weight is 394 g/mol. The lowest BCUT2D eigenvalue weighted by Crippen LogP contribution is -2.12. The van der Waals surface area contributed by atoms with Crippen molar-refractivity contribution in [2.45, 2.75) is 6.92 Å². The van der Waals surface area contributed by atoms with Gasteiger partial charge in [-0.1, -0.05) is 48.5 Å². The molecule has 2 heterocycles. The van der Waals surface area contributed by atoms with Gasteiger partial charge in [-0.25, -0.2) is 9.67 Å². The Balaban J connectivity index is 1.54. The summed E-state index contributed by atoms with van der Waals surface area (Å²) in [5.74, 6) is 0.347. The molecule has 0 saturated heterocycles. The molecule has 6 heteroatoms. The summed E-state index contributed by atoms with van der Waals surface area (Å²) in [4.78, 5) is 17.5. The molecule has 0 fully saturated rings. The van der Waals surface area contributed by atoms with E-state index in [9.17, 15) is 4.79 Å². The van der Waals surface area contributed by atoms with E-state index in [1.54, 1.807) is 36.0 Å². The van der Waals surface area contributed by atoms with E-state index in [1.165, 1.54) is 0 Å². The van der Waals surface area contributed by atoms with E-state index in [4.69, 9.17) is 9.52 Å². The first kappa shape index (κ1) is 17.9. The number of nitrogens with zero attached hydrogens (tertiary/aromatic N) is 3. The minimum absolute atomic E-state index is 0.240. The largest absolute Gasteiger partial charge is 0.441 e. The van der Waals surface area contributed by atoms with Gasteiger partial charge in [-0.3, -0.25) is 4.79 Å². The van der Waals surface area contributed by atoms with Crippen LogP contribution in [0, 0.1) is 6.92 Å². The minimum atomic E-state index is -0.240. The molecule has 6 nitrogen and oxygen atoms in total. The summed E-state index contributed by atoms with van der Waals surface area (Å²) < 4.78 is 7.23. The fraction of sp³-hybridized carbons (Fsp3) is 0.0417. The number of hydrogen-bond donors (Lipinski definition) is 1. The van der Waals surface area contributed by atoms with E-state index in [-0.39, 0.29) is 5.91 Å². The van der Waals surface area contributed by atoms with Crippen LogP contribution in [-0.2, 0) is 0 Å². The van der Waals surface area contributed by atoms with Crippen LogP contribution >= 0.6 is 0 Å². The normalized spacial score (nSPS) is 11.0. The van der Waals surface area contributed by atoms with Crippen LogP contribution in [0.15, 0.2) is 89.5 Å². The Kier molecular flexibility index (Phi) is 4.37. The van der Waals surface area contributed by atoms with Gasteiger partial charge in [0.05, 0.1) is 11.3 Å². The third kappa shape index (κ3) is 3.35. The van der Waals surface area contributed by atoms with Crippen molar-refractivity contribution < 1.29 is 9.21 Å². The molecule has 0 aliphatic rings. The first-order valence-electron chi connectivity index (χ1n) is 9.56. The van der Waals surface area contributed by atoms with E-state index in [0.717, 1.165) is 11.3 Å². The van der Waals surface area contributed by atoms with Gasteiger partial charge in [0.1, 0.15) is 11.2 Å². The highest BCUT2D eigenvalue weighted by Gasteiger charge is 2.19. The molecule has 5 aromatic rings. The van der Waals surface area contributed by atoms with Gasteiger partial charge in [0.25, 0.3) is 5.91 Å². The number of aromatic nitrogens is 3. The molecule has 0 saturated carbocycles. The van der Waals surface area contributed by atoms with Crippen molar-refractivity contribution in [3.8, 4) is 16.9 Å². The van der Waals surface area contributed by atoms with Gasteiger partial charge in [-0.15, -0.1) is 0 Å². The SMILES string of the molecule is Cc1nc2cc(NC(=O)c3cn(-c4ccccc4)nc3-c3ccccc3)ccc2o1. The van der Waals surface area contributed by atoms with Crippen molar-refractivity contribution in [1.82, 2.24) is 14.8 Å². The molecular formula is C24H18N4O2. The number of rotatable bonds is 4. The van der Waals surface area contributed by atoms with Crippen molar-refractivity contribution in [2.24, 2.45) is 0 Å². The lowest BCUT2D eigenvalue weighted by Gasteiger charge is -2.05. The molecule has 2 aromatic heterocycles. The van der Waals surface area contributed by atoms with Crippen molar-refractivity contribution in [2.75, 3.05) is 5.32 Å². The van der Waals surface area contributed by atoms with Gasteiger partial charge in [0.15, 0.2) is 11.5 Å². The number of anilines is 1. The number of carbonyl (C=O) groups excluding carboxylic acids is 1. The molecule has 0 atom stereocenters. The number of fused-ring (bicyclic) bond motifs is 1. The molecule has 0 unspecified atom stereocenters. The van der Waals surface area contributed by atoms with Gasteiger partial charge in [-0.2, -0.15) is 5.10 Å². The molecular weight excluding hydrogens is 376 g/mol.